The van der Waals surface area contributed by atoms with Gasteiger partial charge in [-0.1, -0.05) is 13.8 Å². The van der Waals surface area contributed by atoms with Crippen molar-refractivity contribution in [2.75, 3.05) is 26.2 Å². The second-order valence-electron chi connectivity index (χ2n) is 6.14. The highest BCUT2D eigenvalue weighted by Crippen LogP contribution is 2.21. The van der Waals surface area contributed by atoms with Gasteiger partial charge in [-0.05, 0) is 32.1 Å². The Hall–Kier alpha value is -1.10. The Morgan fingerprint density at radius 2 is 1.74 bits per heavy atom. The number of amides is 1. The molecule has 1 fully saturated rings. The maximum absolute atomic E-state index is 12.3. The van der Waals surface area contributed by atoms with Crippen LogP contribution in [0.2, 0.25) is 0 Å². The number of carboxylic acid groups (broad SMARTS) is 1. The molecule has 1 aliphatic heterocycles. The Morgan fingerprint density at radius 1 is 1.21 bits per heavy atom. The summed E-state index contributed by atoms with van der Waals surface area (Å²) < 4.78 is 0. The minimum absolute atomic E-state index is 0.0494. The molecule has 1 amide bonds. The lowest BCUT2D eigenvalue weighted by molar-refractivity contribution is -0.141. The molecular formula is C14H26N2O3. The standard InChI is InChI=1S/C14H26N2O3/c1-10(2)15(9-14(18)19)8-13(17)16-6-11(3)5-12(4)7-16/h10-12H,5-9H2,1-4H3,(H,18,19). The Morgan fingerprint density at radius 3 is 2.16 bits per heavy atom. The molecular weight excluding hydrogens is 244 g/mol. The van der Waals surface area contributed by atoms with Gasteiger partial charge >= 0.3 is 5.97 Å². The lowest BCUT2D eigenvalue weighted by atomic mass is 9.92. The van der Waals surface area contributed by atoms with E-state index in [1.54, 1.807) is 4.90 Å². The molecule has 0 bridgehead atoms. The van der Waals surface area contributed by atoms with Crippen LogP contribution in [0.3, 0.4) is 0 Å². The molecule has 1 aliphatic rings. The van der Waals surface area contributed by atoms with Gasteiger partial charge in [0.2, 0.25) is 5.91 Å². The van der Waals surface area contributed by atoms with Crippen molar-refractivity contribution in [3.63, 3.8) is 0 Å². The Bertz CT molecular complexity index is 321. The Labute approximate surface area is 115 Å². The molecule has 0 saturated carbocycles. The normalized spacial score (nSPS) is 24.0. The summed E-state index contributed by atoms with van der Waals surface area (Å²) in [6.45, 7) is 9.85. The quantitative estimate of drug-likeness (QED) is 0.817. The van der Waals surface area contributed by atoms with E-state index in [2.05, 4.69) is 13.8 Å². The summed E-state index contributed by atoms with van der Waals surface area (Å²) in [5.41, 5.74) is 0. The van der Waals surface area contributed by atoms with Crippen LogP contribution in [0.25, 0.3) is 0 Å². The number of aliphatic carboxylic acids is 1. The van der Waals surface area contributed by atoms with Crippen molar-refractivity contribution >= 4 is 11.9 Å². The van der Waals surface area contributed by atoms with Gasteiger partial charge < -0.3 is 10.0 Å². The third-order valence-corrected chi connectivity index (χ3v) is 3.63. The molecule has 5 nitrogen and oxygen atoms in total. The van der Waals surface area contributed by atoms with Gasteiger partial charge in [0.1, 0.15) is 0 Å². The SMILES string of the molecule is CC1CC(C)CN(C(=O)CN(CC(=O)O)C(C)C)C1. The molecule has 0 radical (unpaired) electrons. The number of piperidine rings is 1. The first kappa shape index (κ1) is 16.0. The predicted octanol–water partition coefficient (Wildman–Crippen LogP) is 1.29. The van der Waals surface area contributed by atoms with Crippen LogP contribution in [0.1, 0.15) is 34.1 Å². The molecule has 2 atom stereocenters. The van der Waals surface area contributed by atoms with Crippen LogP contribution in [0.15, 0.2) is 0 Å². The van der Waals surface area contributed by atoms with Crippen LogP contribution >= 0.6 is 0 Å². The molecule has 0 spiro atoms. The first-order valence-corrected chi connectivity index (χ1v) is 7.03. The molecule has 0 aromatic heterocycles. The van der Waals surface area contributed by atoms with Crippen LogP contribution in [-0.4, -0.2) is 59.0 Å². The van der Waals surface area contributed by atoms with Crippen molar-refractivity contribution in [1.82, 2.24) is 9.80 Å². The van der Waals surface area contributed by atoms with Crippen molar-refractivity contribution in [3.05, 3.63) is 0 Å². The molecule has 1 N–H and O–H groups in total. The zero-order chi connectivity index (χ0) is 14.6. The lowest BCUT2D eigenvalue weighted by Crippen LogP contribution is -2.49. The van der Waals surface area contributed by atoms with E-state index in [1.165, 1.54) is 0 Å². The zero-order valence-corrected chi connectivity index (χ0v) is 12.4. The van der Waals surface area contributed by atoms with E-state index in [1.807, 2.05) is 18.7 Å². The highest BCUT2D eigenvalue weighted by molar-refractivity contribution is 5.79. The summed E-state index contributed by atoms with van der Waals surface area (Å²) in [6.07, 6.45) is 1.16. The van der Waals surface area contributed by atoms with Gasteiger partial charge in [-0.15, -0.1) is 0 Å². The van der Waals surface area contributed by atoms with Crippen LogP contribution in [0.5, 0.6) is 0 Å². The number of hydrogen-bond acceptors (Lipinski definition) is 3. The van der Waals surface area contributed by atoms with E-state index in [9.17, 15) is 9.59 Å². The van der Waals surface area contributed by atoms with Crippen molar-refractivity contribution in [3.8, 4) is 0 Å². The van der Waals surface area contributed by atoms with E-state index >= 15 is 0 Å². The second kappa shape index (κ2) is 6.89. The van der Waals surface area contributed by atoms with Crippen LogP contribution in [0, 0.1) is 11.8 Å². The minimum atomic E-state index is -0.887. The molecule has 1 saturated heterocycles. The third-order valence-electron chi connectivity index (χ3n) is 3.63. The van der Waals surface area contributed by atoms with Crippen LogP contribution < -0.4 is 0 Å². The van der Waals surface area contributed by atoms with E-state index in [-0.39, 0.29) is 25.0 Å². The summed E-state index contributed by atoms with van der Waals surface area (Å²) >= 11 is 0. The van der Waals surface area contributed by atoms with Gasteiger partial charge in [0.25, 0.3) is 0 Å². The van der Waals surface area contributed by atoms with E-state index in [4.69, 9.17) is 5.11 Å². The van der Waals surface area contributed by atoms with E-state index in [0.29, 0.717) is 11.8 Å². The van der Waals surface area contributed by atoms with Gasteiger partial charge in [0.15, 0.2) is 0 Å². The molecule has 5 heteroatoms. The fourth-order valence-electron chi connectivity index (χ4n) is 2.74. The number of nitrogens with zero attached hydrogens (tertiary/aromatic N) is 2. The molecule has 0 aromatic carbocycles. The average molecular weight is 270 g/mol. The molecule has 0 aromatic rings. The number of likely N-dealkylation sites (tertiary alicyclic amines) is 1. The average Bonchev–Trinajstić information content (AvgIpc) is 2.25. The van der Waals surface area contributed by atoms with Crippen molar-refractivity contribution < 1.29 is 14.7 Å². The maximum atomic E-state index is 12.3. The summed E-state index contributed by atoms with van der Waals surface area (Å²) in [4.78, 5) is 26.7. The van der Waals surface area contributed by atoms with Gasteiger partial charge in [0, 0.05) is 19.1 Å². The highest BCUT2D eigenvalue weighted by Gasteiger charge is 2.27. The van der Waals surface area contributed by atoms with Crippen molar-refractivity contribution in [2.24, 2.45) is 11.8 Å². The molecule has 110 valence electrons. The van der Waals surface area contributed by atoms with Crippen LogP contribution in [-0.2, 0) is 9.59 Å². The Kier molecular flexibility index (Phi) is 5.79. The lowest BCUT2D eigenvalue weighted by Gasteiger charge is -2.36. The van der Waals surface area contributed by atoms with E-state index in [0.717, 1.165) is 19.5 Å². The summed E-state index contributed by atoms with van der Waals surface area (Å²) in [6, 6.07) is 0.0553. The first-order valence-electron chi connectivity index (χ1n) is 7.03. The fourth-order valence-corrected chi connectivity index (χ4v) is 2.74. The van der Waals surface area contributed by atoms with Crippen LogP contribution in [0.4, 0.5) is 0 Å². The molecule has 0 aliphatic carbocycles. The second-order valence-corrected chi connectivity index (χ2v) is 6.14. The molecule has 19 heavy (non-hydrogen) atoms. The topological polar surface area (TPSA) is 60.9 Å². The molecule has 1 heterocycles. The summed E-state index contributed by atoms with van der Waals surface area (Å²) in [5.74, 6) is 0.217. The highest BCUT2D eigenvalue weighted by atomic mass is 16.4. The molecule has 1 rings (SSSR count). The van der Waals surface area contributed by atoms with E-state index < -0.39 is 5.97 Å². The number of hydrogen-bond donors (Lipinski definition) is 1. The summed E-state index contributed by atoms with van der Waals surface area (Å²) in [7, 11) is 0. The maximum Gasteiger partial charge on any atom is 0.317 e. The van der Waals surface area contributed by atoms with Gasteiger partial charge in [-0.3, -0.25) is 14.5 Å². The van der Waals surface area contributed by atoms with Crippen molar-refractivity contribution in [1.29, 1.82) is 0 Å². The van der Waals surface area contributed by atoms with Gasteiger partial charge in [0.05, 0.1) is 13.1 Å². The first-order chi connectivity index (χ1) is 8.79. The number of rotatable bonds is 5. The smallest absolute Gasteiger partial charge is 0.317 e. The molecule has 2 unspecified atom stereocenters. The third kappa shape index (κ3) is 5.19. The number of carbonyl (C=O) groups is 2. The van der Waals surface area contributed by atoms with Gasteiger partial charge in [-0.25, -0.2) is 0 Å². The predicted molar refractivity (Wildman–Crippen MR) is 73.9 cm³/mol. The minimum Gasteiger partial charge on any atom is -0.480 e. The summed E-state index contributed by atoms with van der Waals surface area (Å²) in [5, 5.41) is 8.87. The Balaban J connectivity index is 2.58. The van der Waals surface area contributed by atoms with Gasteiger partial charge in [-0.2, -0.15) is 0 Å². The van der Waals surface area contributed by atoms with Crippen molar-refractivity contribution in [2.45, 2.75) is 40.2 Å². The number of carbonyl (C=O) groups excluding carboxylic acids is 1. The monoisotopic (exact) mass is 270 g/mol. The number of carboxylic acids is 1. The fraction of sp³-hybridized carbons (Fsp3) is 0.857. The zero-order valence-electron chi connectivity index (χ0n) is 12.4. The largest absolute Gasteiger partial charge is 0.480 e.